The molecule has 1 saturated heterocycles. The van der Waals surface area contributed by atoms with Gasteiger partial charge in [0.25, 0.3) is 5.56 Å². The number of aromatic amines is 1. The minimum Gasteiger partial charge on any atom is -0.370 e. The van der Waals surface area contributed by atoms with Crippen LogP contribution in [0.4, 0.5) is 0 Å². The molecular weight excluding hydrogens is 192 g/mol. The lowest BCUT2D eigenvalue weighted by Gasteiger charge is -2.09. The first-order valence-electron chi connectivity index (χ1n) is 5.51. The van der Waals surface area contributed by atoms with Gasteiger partial charge in [0.05, 0.1) is 0 Å². The zero-order valence-electron chi connectivity index (χ0n) is 8.95. The third-order valence-corrected chi connectivity index (χ3v) is 2.55. The van der Waals surface area contributed by atoms with Gasteiger partial charge in [-0.15, -0.1) is 0 Å². The molecule has 0 aliphatic carbocycles. The highest BCUT2D eigenvalue weighted by atomic mass is 16.5. The highest BCUT2D eigenvalue weighted by molar-refractivity contribution is 5.05. The molecule has 0 aromatic carbocycles. The van der Waals surface area contributed by atoms with Gasteiger partial charge in [0.15, 0.2) is 0 Å². The molecule has 2 heterocycles. The summed E-state index contributed by atoms with van der Waals surface area (Å²) in [6, 6.07) is 1.57. The maximum absolute atomic E-state index is 11.4. The van der Waals surface area contributed by atoms with E-state index in [9.17, 15) is 4.79 Å². The van der Waals surface area contributed by atoms with Crippen LogP contribution in [-0.4, -0.2) is 16.6 Å². The van der Waals surface area contributed by atoms with E-state index in [1.807, 2.05) is 0 Å². The number of nitrogens with one attached hydrogen (secondary N) is 1. The Bertz CT molecular complexity index is 380. The molecule has 1 N–H and O–H groups in total. The Morgan fingerprint density at radius 1 is 1.67 bits per heavy atom. The molecule has 0 spiro atoms. The monoisotopic (exact) mass is 208 g/mol. The molecule has 0 bridgehead atoms. The minimum atomic E-state index is -0.0704. The van der Waals surface area contributed by atoms with E-state index in [2.05, 4.69) is 16.9 Å². The molecule has 0 radical (unpaired) electrons. The summed E-state index contributed by atoms with van der Waals surface area (Å²) >= 11 is 0. The third-order valence-electron chi connectivity index (χ3n) is 2.55. The summed E-state index contributed by atoms with van der Waals surface area (Å²) in [7, 11) is 0. The Balaban J connectivity index is 2.26. The number of H-pyrrole nitrogens is 1. The second kappa shape index (κ2) is 4.57. The fourth-order valence-corrected chi connectivity index (χ4v) is 1.86. The smallest absolute Gasteiger partial charge is 0.251 e. The van der Waals surface area contributed by atoms with Crippen molar-refractivity contribution in [3.8, 4) is 0 Å². The number of hydrogen-bond donors (Lipinski definition) is 1. The summed E-state index contributed by atoms with van der Waals surface area (Å²) in [5.74, 6) is 0.698. The maximum Gasteiger partial charge on any atom is 0.251 e. The molecule has 1 atom stereocenters. The van der Waals surface area contributed by atoms with Gasteiger partial charge in [-0.1, -0.05) is 13.3 Å². The second-order valence-corrected chi connectivity index (χ2v) is 3.87. The molecule has 0 amide bonds. The lowest BCUT2D eigenvalue weighted by molar-refractivity contribution is 0.104. The average molecular weight is 208 g/mol. The van der Waals surface area contributed by atoms with Crippen molar-refractivity contribution in [1.82, 2.24) is 9.97 Å². The van der Waals surface area contributed by atoms with Crippen molar-refractivity contribution in [3.63, 3.8) is 0 Å². The zero-order valence-corrected chi connectivity index (χ0v) is 8.95. The van der Waals surface area contributed by atoms with Crippen molar-refractivity contribution in [2.75, 3.05) is 6.61 Å². The van der Waals surface area contributed by atoms with Gasteiger partial charge in [-0.2, -0.15) is 0 Å². The van der Waals surface area contributed by atoms with Crippen LogP contribution >= 0.6 is 0 Å². The van der Waals surface area contributed by atoms with Crippen LogP contribution in [-0.2, 0) is 11.2 Å². The predicted molar refractivity (Wildman–Crippen MR) is 56.8 cm³/mol. The fraction of sp³-hybridized carbons (Fsp3) is 0.636. The molecule has 0 saturated carbocycles. The molecule has 82 valence electrons. The second-order valence-electron chi connectivity index (χ2n) is 3.87. The maximum atomic E-state index is 11.4. The molecule has 2 rings (SSSR count). The topological polar surface area (TPSA) is 55.0 Å². The van der Waals surface area contributed by atoms with Crippen LogP contribution in [0.3, 0.4) is 0 Å². The molecular formula is C11H16N2O2. The molecule has 1 aliphatic heterocycles. The van der Waals surface area contributed by atoms with Gasteiger partial charge < -0.3 is 9.72 Å². The van der Waals surface area contributed by atoms with Crippen molar-refractivity contribution in [2.24, 2.45) is 0 Å². The van der Waals surface area contributed by atoms with Gasteiger partial charge in [-0.05, 0) is 19.3 Å². The summed E-state index contributed by atoms with van der Waals surface area (Å²) in [4.78, 5) is 18.6. The standard InChI is InChI=1S/C11H16N2O2/c1-2-4-8-7-10(14)13-11(12-8)9-5-3-6-15-9/h7,9H,2-6H2,1H3,(H,12,13,14). The quantitative estimate of drug-likeness (QED) is 0.820. The Labute approximate surface area is 88.7 Å². The van der Waals surface area contributed by atoms with E-state index in [0.717, 1.165) is 38.0 Å². The highest BCUT2D eigenvalue weighted by Gasteiger charge is 2.20. The molecule has 1 unspecified atom stereocenters. The lowest BCUT2D eigenvalue weighted by atomic mass is 10.2. The molecule has 4 heteroatoms. The van der Waals surface area contributed by atoms with Crippen molar-refractivity contribution in [3.05, 3.63) is 27.9 Å². The number of nitrogens with zero attached hydrogens (tertiary/aromatic N) is 1. The lowest BCUT2D eigenvalue weighted by Crippen LogP contribution is -2.15. The van der Waals surface area contributed by atoms with E-state index in [4.69, 9.17) is 4.74 Å². The van der Waals surface area contributed by atoms with E-state index in [1.54, 1.807) is 6.07 Å². The Hall–Kier alpha value is -1.16. The van der Waals surface area contributed by atoms with Gasteiger partial charge in [0.2, 0.25) is 0 Å². The number of hydrogen-bond acceptors (Lipinski definition) is 3. The molecule has 4 nitrogen and oxygen atoms in total. The van der Waals surface area contributed by atoms with Crippen LogP contribution in [0, 0.1) is 0 Å². The number of aromatic nitrogens is 2. The van der Waals surface area contributed by atoms with Crippen LogP contribution in [0.15, 0.2) is 10.9 Å². The molecule has 1 aromatic heterocycles. The summed E-state index contributed by atoms with van der Waals surface area (Å²) in [5.41, 5.74) is 0.797. The highest BCUT2D eigenvalue weighted by Crippen LogP contribution is 2.25. The third kappa shape index (κ3) is 2.45. The molecule has 15 heavy (non-hydrogen) atoms. The van der Waals surface area contributed by atoms with Gasteiger partial charge in [0, 0.05) is 18.4 Å². The molecule has 1 fully saturated rings. The first kappa shape index (κ1) is 10.4. The largest absolute Gasteiger partial charge is 0.370 e. The van der Waals surface area contributed by atoms with E-state index in [1.165, 1.54) is 0 Å². The van der Waals surface area contributed by atoms with Crippen molar-refractivity contribution < 1.29 is 4.74 Å². The van der Waals surface area contributed by atoms with Gasteiger partial charge >= 0.3 is 0 Å². The molecule has 1 aromatic rings. The van der Waals surface area contributed by atoms with Crippen molar-refractivity contribution in [2.45, 2.75) is 38.7 Å². The predicted octanol–water partition coefficient (Wildman–Crippen LogP) is 1.57. The van der Waals surface area contributed by atoms with Crippen molar-refractivity contribution in [1.29, 1.82) is 0 Å². The minimum absolute atomic E-state index is 0.00509. The number of ether oxygens (including phenoxy) is 1. The zero-order chi connectivity index (χ0) is 10.7. The fourth-order valence-electron chi connectivity index (χ4n) is 1.86. The normalized spacial score (nSPS) is 20.7. The number of aryl methyl sites for hydroxylation is 1. The Morgan fingerprint density at radius 3 is 3.20 bits per heavy atom. The van der Waals surface area contributed by atoms with E-state index < -0.39 is 0 Å². The van der Waals surface area contributed by atoms with Gasteiger partial charge in [-0.3, -0.25) is 4.79 Å². The van der Waals surface area contributed by atoms with E-state index >= 15 is 0 Å². The van der Waals surface area contributed by atoms with Gasteiger partial charge in [-0.25, -0.2) is 4.98 Å². The van der Waals surface area contributed by atoms with Crippen LogP contribution in [0.2, 0.25) is 0 Å². The van der Waals surface area contributed by atoms with Crippen LogP contribution in [0.5, 0.6) is 0 Å². The van der Waals surface area contributed by atoms with Gasteiger partial charge in [0.1, 0.15) is 11.9 Å². The first-order valence-corrected chi connectivity index (χ1v) is 5.51. The summed E-state index contributed by atoms with van der Waals surface area (Å²) in [6.07, 6.45) is 3.85. The number of rotatable bonds is 3. The van der Waals surface area contributed by atoms with Crippen LogP contribution < -0.4 is 5.56 Å². The average Bonchev–Trinajstić information content (AvgIpc) is 2.70. The van der Waals surface area contributed by atoms with Crippen LogP contribution in [0.25, 0.3) is 0 Å². The summed E-state index contributed by atoms with van der Waals surface area (Å²) in [5, 5.41) is 0. The molecule has 1 aliphatic rings. The van der Waals surface area contributed by atoms with E-state index in [0.29, 0.717) is 5.82 Å². The Kier molecular flexibility index (Phi) is 3.16. The Morgan fingerprint density at radius 2 is 2.53 bits per heavy atom. The van der Waals surface area contributed by atoms with Crippen LogP contribution in [0.1, 0.15) is 43.8 Å². The first-order chi connectivity index (χ1) is 7.29. The van der Waals surface area contributed by atoms with Crippen molar-refractivity contribution >= 4 is 0 Å². The SMILES string of the molecule is CCCc1cc(=O)[nH]c(C2CCCO2)n1. The summed E-state index contributed by atoms with van der Waals surface area (Å²) in [6.45, 7) is 2.85. The summed E-state index contributed by atoms with van der Waals surface area (Å²) < 4.78 is 5.49. The van der Waals surface area contributed by atoms with E-state index in [-0.39, 0.29) is 11.7 Å².